The average molecular weight is 890 g/mol. The summed E-state index contributed by atoms with van der Waals surface area (Å²) in [5.74, 6) is 0. The maximum absolute atomic E-state index is 2.55. The highest BCUT2D eigenvalue weighted by Gasteiger charge is 2.47. The molecule has 0 saturated heterocycles. The fourth-order valence-electron chi connectivity index (χ4n) is 11.6. The van der Waals surface area contributed by atoms with Crippen LogP contribution >= 0.6 is 0 Å². The van der Waals surface area contributed by atoms with Gasteiger partial charge in [-0.05, 0) is 119 Å². The van der Waals surface area contributed by atoms with Crippen LogP contribution in [0.15, 0.2) is 285 Å². The largest absolute Gasteiger partial charge is 0.309 e. The SMILES string of the molecule is c1ccc(-c2ccccc2-c2c(-c3ccccc3)cccc2N(c2ccc(-c3cc4ccccc4c4ccccc34)cc2)c2cccc3c2-c2ccccc2C3(c2ccccc2)c2ccccc2)cc1. The fraction of sp³-hybridized carbons (Fsp3) is 0.0145. The first kappa shape index (κ1) is 41.2. The molecule has 70 heavy (non-hydrogen) atoms. The molecule has 0 N–H and O–H groups in total. The molecule has 0 saturated carbocycles. The number of hydrogen-bond acceptors (Lipinski definition) is 1. The van der Waals surface area contributed by atoms with Crippen LogP contribution < -0.4 is 4.90 Å². The van der Waals surface area contributed by atoms with Crippen molar-refractivity contribution >= 4 is 38.6 Å². The third-order valence-corrected chi connectivity index (χ3v) is 14.6. The molecule has 0 aliphatic heterocycles. The minimum Gasteiger partial charge on any atom is -0.309 e. The molecule has 12 aromatic rings. The molecular formula is C69H47N. The molecule has 0 aromatic heterocycles. The summed E-state index contributed by atoms with van der Waals surface area (Å²) in [4.78, 5) is 2.55. The molecule has 0 spiro atoms. The van der Waals surface area contributed by atoms with Crippen LogP contribution in [-0.2, 0) is 5.41 Å². The molecule has 328 valence electrons. The topological polar surface area (TPSA) is 3.24 Å². The number of fused-ring (bicyclic) bond motifs is 6. The van der Waals surface area contributed by atoms with Crippen molar-refractivity contribution in [3.63, 3.8) is 0 Å². The zero-order chi connectivity index (χ0) is 46.4. The summed E-state index contributed by atoms with van der Waals surface area (Å²) in [5.41, 5.74) is 19.6. The number of hydrogen-bond donors (Lipinski definition) is 0. The van der Waals surface area contributed by atoms with Crippen LogP contribution in [0.25, 0.3) is 77.2 Å². The Kier molecular flexibility index (Phi) is 10.1. The van der Waals surface area contributed by atoms with E-state index in [0.29, 0.717) is 0 Å². The Balaban J connectivity index is 1.12. The molecule has 12 aromatic carbocycles. The maximum atomic E-state index is 2.55. The van der Waals surface area contributed by atoms with Crippen molar-refractivity contribution < 1.29 is 0 Å². The molecule has 0 fully saturated rings. The summed E-state index contributed by atoms with van der Waals surface area (Å²) in [6.07, 6.45) is 0. The summed E-state index contributed by atoms with van der Waals surface area (Å²) in [7, 11) is 0. The van der Waals surface area contributed by atoms with Crippen molar-refractivity contribution in [3.05, 3.63) is 307 Å². The predicted octanol–water partition coefficient (Wildman–Crippen LogP) is 18.5. The van der Waals surface area contributed by atoms with Crippen LogP contribution in [0.2, 0.25) is 0 Å². The van der Waals surface area contributed by atoms with Crippen molar-refractivity contribution in [2.45, 2.75) is 5.41 Å². The van der Waals surface area contributed by atoms with Crippen LogP contribution in [0.3, 0.4) is 0 Å². The second-order valence-electron chi connectivity index (χ2n) is 18.3. The molecule has 0 radical (unpaired) electrons. The van der Waals surface area contributed by atoms with Gasteiger partial charge in [-0.1, -0.05) is 255 Å². The van der Waals surface area contributed by atoms with E-state index in [4.69, 9.17) is 0 Å². The summed E-state index contributed by atoms with van der Waals surface area (Å²) < 4.78 is 0. The highest BCUT2D eigenvalue weighted by atomic mass is 15.1. The summed E-state index contributed by atoms with van der Waals surface area (Å²) in [6.45, 7) is 0. The van der Waals surface area contributed by atoms with Crippen molar-refractivity contribution in [1.29, 1.82) is 0 Å². The number of rotatable bonds is 9. The van der Waals surface area contributed by atoms with E-state index in [0.717, 1.165) is 22.6 Å². The van der Waals surface area contributed by atoms with E-state index in [-0.39, 0.29) is 0 Å². The van der Waals surface area contributed by atoms with Gasteiger partial charge in [0, 0.05) is 16.8 Å². The Hall–Kier alpha value is -9.04. The first-order valence-corrected chi connectivity index (χ1v) is 24.3. The molecule has 0 atom stereocenters. The molecule has 0 bridgehead atoms. The van der Waals surface area contributed by atoms with E-state index in [1.165, 1.54) is 93.9 Å². The van der Waals surface area contributed by atoms with Gasteiger partial charge >= 0.3 is 0 Å². The fourth-order valence-corrected chi connectivity index (χ4v) is 11.6. The van der Waals surface area contributed by atoms with Crippen LogP contribution in [0.4, 0.5) is 17.1 Å². The first-order valence-electron chi connectivity index (χ1n) is 24.3. The van der Waals surface area contributed by atoms with E-state index in [9.17, 15) is 0 Å². The quantitative estimate of drug-likeness (QED) is 0.131. The average Bonchev–Trinajstić information content (AvgIpc) is 3.76. The van der Waals surface area contributed by atoms with Gasteiger partial charge in [0.1, 0.15) is 0 Å². The second kappa shape index (κ2) is 17.2. The highest BCUT2D eigenvalue weighted by molar-refractivity contribution is 6.14. The monoisotopic (exact) mass is 889 g/mol. The normalized spacial score (nSPS) is 12.4. The molecule has 0 unspecified atom stereocenters. The Bertz CT molecular complexity index is 3820. The van der Waals surface area contributed by atoms with Crippen molar-refractivity contribution in [1.82, 2.24) is 0 Å². The van der Waals surface area contributed by atoms with Gasteiger partial charge in [-0.2, -0.15) is 0 Å². The van der Waals surface area contributed by atoms with Gasteiger partial charge in [0.15, 0.2) is 0 Å². The van der Waals surface area contributed by atoms with E-state index in [1.54, 1.807) is 0 Å². The number of anilines is 3. The van der Waals surface area contributed by atoms with E-state index in [2.05, 4.69) is 290 Å². The molecule has 1 aliphatic carbocycles. The van der Waals surface area contributed by atoms with E-state index >= 15 is 0 Å². The minimum absolute atomic E-state index is 0.564. The summed E-state index contributed by atoms with van der Waals surface area (Å²) in [6, 6.07) is 105. The Morgan fingerprint density at radius 2 is 0.714 bits per heavy atom. The van der Waals surface area contributed by atoms with Gasteiger partial charge < -0.3 is 4.90 Å². The van der Waals surface area contributed by atoms with Gasteiger partial charge in [0.25, 0.3) is 0 Å². The second-order valence-corrected chi connectivity index (χ2v) is 18.3. The third-order valence-electron chi connectivity index (χ3n) is 14.6. The van der Waals surface area contributed by atoms with Gasteiger partial charge in [-0.15, -0.1) is 0 Å². The van der Waals surface area contributed by atoms with Crippen LogP contribution in [0, 0.1) is 0 Å². The molecule has 1 aliphatic rings. The van der Waals surface area contributed by atoms with Crippen molar-refractivity contribution in [2.24, 2.45) is 0 Å². The van der Waals surface area contributed by atoms with Gasteiger partial charge in [-0.3, -0.25) is 0 Å². The van der Waals surface area contributed by atoms with E-state index in [1.807, 2.05) is 0 Å². The molecule has 1 nitrogen and oxygen atoms in total. The predicted molar refractivity (Wildman–Crippen MR) is 295 cm³/mol. The molecular weight excluding hydrogens is 843 g/mol. The third kappa shape index (κ3) is 6.62. The lowest BCUT2D eigenvalue weighted by Gasteiger charge is -2.35. The number of nitrogens with zero attached hydrogens (tertiary/aromatic N) is 1. The Morgan fingerprint density at radius 1 is 0.257 bits per heavy atom. The standard InChI is InChI=1S/C69H47N/c1-5-23-48(24-6-1)55-32-15-18-36-60(55)67-57(49-25-7-2-8-26-49)38-21-41-65(67)70(54-45-43-50(44-46-54)62-47-51-27-13-14-33-56(51)58-34-16-17-35-59(58)62)66-42-22-40-64-68(66)61-37-19-20-39-63(61)69(64,52-28-9-3-10-29-52)53-30-11-4-12-31-53/h1-47H. The lowest BCUT2D eigenvalue weighted by atomic mass is 9.68. The van der Waals surface area contributed by atoms with E-state index < -0.39 is 5.41 Å². The molecule has 13 rings (SSSR count). The molecule has 0 amide bonds. The lowest BCUT2D eigenvalue weighted by Crippen LogP contribution is -2.28. The maximum Gasteiger partial charge on any atom is 0.0714 e. The van der Waals surface area contributed by atoms with Crippen molar-refractivity contribution in [3.8, 4) is 55.6 Å². The lowest BCUT2D eigenvalue weighted by molar-refractivity contribution is 0.768. The highest BCUT2D eigenvalue weighted by Crippen LogP contribution is 2.60. The first-order chi connectivity index (χ1) is 34.8. The molecule has 1 heteroatoms. The van der Waals surface area contributed by atoms with Crippen LogP contribution in [-0.4, -0.2) is 0 Å². The van der Waals surface area contributed by atoms with Crippen LogP contribution in [0.5, 0.6) is 0 Å². The smallest absolute Gasteiger partial charge is 0.0714 e. The van der Waals surface area contributed by atoms with Gasteiger partial charge in [-0.25, -0.2) is 0 Å². The number of benzene rings is 12. The Morgan fingerprint density at radius 3 is 1.39 bits per heavy atom. The zero-order valence-electron chi connectivity index (χ0n) is 38.6. The zero-order valence-corrected chi connectivity index (χ0v) is 38.6. The van der Waals surface area contributed by atoms with Gasteiger partial charge in [0.2, 0.25) is 0 Å². The van der Waals surface area contributed by atoms with Gasteiger partial charge in [0.05, 0.1) is 16.8 Å². The minimum atomic E-state index is -0.564. The summed E-state index contributed by atoms with van der Waals surface area (Å²) in [5, 5.41) is 5.02. The summed E-state index contributed by atoms with van der Waals surface area (Å²) >= 11 is 0. The van der Waals surface area contributed by atoms with Crippen molar-refractivity contribution in [2.75, 3.05) is 4.90 Å². The van der Waals surface area contributed by atoms with Crippen LogP contribution in [0.1, 0.15) is 22.3 Å². The molecule has 0 heterocycles. The Labute approximate surface area is 409 Å².